The fraction of sp³-hybridized carbons (Fsp3) is 0.368. The van der Waals surface area contributed by atoms with E-state index in [0.717, 1.165) is 18.4 Å². The third-order valence-electron chi connectivity index (χ3n) is 4.80. The number of carbonyl (C=O) groups excluding carboxylic acids is 1. The van der Waals surface area contributed by atoms with Gasteiger partial charge in [0.05, 0.1) is 0 Å². The van der Waals surface area contributed by atoms with E-state index < -0.39 is 0 Å². The molecule has 1 saturated heterocycles. The van der Waals surface area contributed by atoms with Crippen molar-refractivity contribution in [2.24, 2.45) is 11.7 Å². The van der Waals surface area contributed by atoms with Gasteiger partial charge in [0.2, 0.25) is 0 Å². The summed E-state index contributed by atoms with van der Waals surface area (Å²) in [5.41, 5.74) is 7.44. The van der Waals surface area contributed by atoms with Crippen molar-refractivity contribution in [3.8, 4) is 11.3 Å². The fourth-order valence-corrected chi connectivity index (χ4v) is 3.23. The Kier molecular flexibility index (Phi) is 4.81. The molecule has 3 rings (SSSR count). The van der Waals surface area contributed by atoms with E-state index >= 15 is 0 Å². The van der Waals surface area contributed by atoms with E-state index in [1.165, 1.54) is 0 Å². The van der Waals surface area contributed by atoms with Gasteiger partial charge in [-0.15, -0.1) is 0 Å². The van der Waals surface area contributed by atoms with Crippen molar-refractivity contribution in [1.82, 2.24) is 9.88 Å². The van der Waals surface area contributed by atoms with E-state index in [1.54, 1.807) is 17.0 Å². The van der Waals surface area contributed by atoms with Gasteiger partial charge in [0.1, 0.15) is 5.56 Å². The van der Waals surface area contributed by atoms with Gasteiger partial charge in [-0.25, -0.2) is 0 Å². The summed E-state index contributed by atoms with van der Waals surface area (Å²) in [6.45, 7) is 3.32. The SMILES string of the molecule is CC(N)C1CCN(C(=O)c2ccc(-c3ccccc3)[nH]c2=O)CC1. The Bertz CT molecular complexity index is 760. The van der Waals surface area contributed by atoms with E-state index in [9.17, 15) is 9.59 Å². The lowest BCUT2D eigenvalue weighted by molar-refractivity contribution is 0.0679. The Morgan fingerprint density at radius 3 is 2.42 bits per heavy atom. The van der Waals surface area contributed by atoms with Crippen molar-refractivity contribution in [3.63, 3.8) is 0 Å². The zero-order chi connectivity index (χ0) is 17.1. The van der Waals surface area contributed by atoms with Crippen LogP contribution in [0, 0.1) is 5.92 Å². The van der Waals surface area contributed by atoms with Gasteiger partial charge in [-0.1, -0.05) is 30.3 Å². The molecule has 5 heteroatoms. The number of nitrogens with zero attached hydrogens (tertiary/aromatic N) is 1. The number of amides is 1. The second-order valence-corrected chi connectivity index (χ2v) is 6.47. The molecular weight excluding hydrogens is 302 g/mol. The number of aromatic nitrogens is 1. The molecule has 0 bridgehead atoms. The summed E-state index contributed by atoms with van der Waals surface area (Å²) in [7, 11) is 0. The van der Waals surface area contributed by atoms with Gasteiger partial charge in [-0.2, -0.15) is 0 Å². The average Bonchev–Trinajstić information content (AvgIpc) is 2.62. The van der Waals surface area contributed by atoms with Crippen LogP contribution in [0.5, 0.6) is 0 Å². The molecule has 5 nitrogen and oxygen atoms in total. The number of H-pyrrole nitrogens is 1. The van der Waals surface area contributed by atoms with Gasteiger partial charge in [-0.3, -0.25) is 9.59 Å². The van der Waals surface area contributed by atoms with Crippen LogP contribution in [-0.4, -0.2) is 34.9 Å². The van der Waals surface area contributed by atoms with Crippen LogP contribution >= 0.6 is 0 Å². The number of hydrogen-bond donors (Lipinski definition) is 2. The van der Waals surface area contributed by atoms with Crippen molar-refractivity contribution in [1.29, 1.82) is 0 Å². The fourth-order valence-electron chi connectivity index (χ4n) is 3.23. The second-order valence-electron chi connectivity index (χ2n) is 6.47. The van der Waals surface area contributed by atoms with Crippen LogP contribution < -0.4 is 11.3 Å². The molecule has 1 fully saturated rings. The van der Waals surface area contributed by atoms with Gasteiger partial charge >= 0.3 is 0 Å². The quantitative estimate of drug-likeness (QED) is 0.908. The maximum atomic E-state index is 12.6. The highest BCUT2D eigenvalue weighted by molar-refractivity contribution is 5.94. The first-order chi connectivity index (χ1) is 11.6. The van der Waals surface area contributed by atoms with Crippen LogP contribution in [-0.2, 0) is 0 Å². The summed E-state index contributed by atoms with van der Waals surface area (Å²) in [5, 5.41) is 0. The van der Waals surface area contributed by atoms with Gasteiger partial charge < -0.3 is 15.6 Å². The molecular formula is C19H23N3O2. The topological polar surface area (TPSA) is 79.2 Å². The average molecular weight is 325 g/mol. The number of piperidine rings is 1. The largest absolute Gasteiger partial charge is 0.338 e. The third-order valence-corrected chi connectivity index (χ3v) is 4.80. The van der Waals surface area contributed by atoms with E-state index in [-0.39, 0.29) is 23.1 Å². The minimum atomic E-state index is -0.337. The van der Waals surface area contributed by atoms with Crippen molar-refractivity contribution >= 4 is 5.91 Å². The first-order valence-corrected chi connectivity index (χ1v) is 8.40. The van der Waals surface area contributed by atoms with Crippen LogP contribution in [0.3, 0.4) is 0 Å². The van der Waals surface area contributed by atoms with Gasteiger partial charge in [-0.05, 0) is 43.4 Å². The third kappa shape index (κ3) is 3.41. The molecule has 1 unspecified atom stereocenters. The number of aromatic amines is 1. The van der Waals surface area contributed by atoms with Crippen molar-refractivity contribution in [2.75, 3.05) is 13.1 Å². The molecule has 0 saturated carbocycles. The van der Waals surface area contributed by atoms with Gasteiger partial charge in [0, 0.05) is 24.8 Å². The van der Waals surface area contributed by atoms with E-state index in [1.807, 2.05) is 37.3 Å². The van der Waals surface area contributed by atoms with Crippen LogP contribution in [0.1, 0.15) is 30.1 Å². The molecule has 1 aliphatic heterocycles. The molecule has 0 spiro atoms. The summed E-state index contributed by atoms with van der Waals surface area (Å²) in [5.74, 6) is 0.256. The molecule has 0 aliphatic carbocycles. The normalized spacial score (nSPS) is 16.8. The van der Waals surface area contributed by atoms with Crippen molar-refractivity contribution < 1.29 is 4.79 Å². The van der Waals surface area contributed by atoms with Gasteiger partial charge in [0.25, 0.3) is 11.5 Å². The highest BCUT2D eigenvalue weighted by atomic mass is 16.2. The Balaban J connectivity index is 1.76. The number of hydrogen-bond acceptors (Lipinski definition) is 3. The lowest BCUT2D eigenvalue weighted by atomic mass is 9.91. The molecule has 0 radical (unpaired) electrons. The maximum Gasteiger partial charge on any atom is 0.261 e. The number of benzene rings is 1. The molecule has 1 aromatic heterocycles. The van der Waals surface area contributed by atoms with Crippen molar-refractivity contribution in [3.05, 3.63) is 58.4 Å². The molecule has 2 aromatic rings. The summed E-state index contributed by atoms with van der Waals surface area (Å²) in [4.78, 5) is 29.5. The maximum absolute atomic E-state index is 12.6. The summed E-state index contributed by atoms with van der Waals surface area (Å²) >= 11 is 0. The zero-order valence-corrected chi connectivity index (χ0v) is 13.9. The predicted octanol–water partition coefficient (Wildman–Crippen LogP) is 2.24. The predicted molar refractivity (Wildman–Crippen MR) is 94.8 cm³/mol. The summed E-state index contributed by atoms with van der Waals surface area (Å²) < 4.78 is 0. The Morgan fingerprint density at radius 1 is 1.17 bits per heavy atom. The number of nitrogens with one attached hydrogen (secondary N) is 1. The first-order valence-electron chi connectivity index (χ1n) is 8.40. The van der Waals surface area contributed by atoms with E-state index in [2.05, 4.69) is 4.98 Å². The minimum Gasteiger partial charge on any atom is -0.338 e. The number of pyridine rings is 1. The molecule has 2 heterocycles. The van der Waals surface area contributed by atoms with Crippen LogP contribution in [0.15, 0.2) is 47.3 Å². The monoisotopic (exact) mass is 325 g/mol. The summed E-state index contributed by atoms with van der Waals surface area (Å²) in [6, 6.07) is 13.2. The standard InChI is InChI=1S/C19H23N3O2/c1-13(20)14-9-11-22(12-10-14)19(24)16-7-8-17(21-18(16)23)15-5-3-2-4-6-15/h2-8,13-14H,9-12,20H2,1H3,(H,21,23). The highest BCUT2D eigenvalue weighted by Crippen LogP contribution is 2.21. The molecule has 126 valence electrons. The van der Waals surface area contributed by atoms with E-state index in [0.29, 0.717) is 24.7 Å². The van der Waals surface area contributed by atoms with Crippen LogP contribution in [0.25, 0.3) is 11.3 Å². The number of nitrogens with two attached hydrogens (primary N) is 1. The number of carbonyl (C=O) groups is 1. The molecule has 3 N–H and O–H groups in total. The Labute approximate surface area is 141 Å². The van der Waals surface area contributed by atoms with Crippen LogP contribution in [0.2, 0.25) is 0 Å². The highest BCUT2D eigenvalue weighted by Gasteiger charge is 2.26. The first kappa shape index (κ1) is 16.5. The van der Waals surface area contributed by atoms with Gasteiger partial charge in [0.15, 0.2) is 0 Å². The Morgan fingerprint density at radius 2 is 1.83 bits per heavy atom. The molecule has 1 aromatic carbocycles. The lowest BCUT2D eigenvalue weighted by Crippen LogP contribution is -2.43. The number of likely N-dealkylation sites (tertiary alicyclic amines) is 1. The van der Waals surface area contributed by atoms with E-state index in [4.69, 9.17) is 5.73 Å². The molecule has 1 aliphatic rings. The molecule has 1 amide bonds. The zero-order valence-electron chi connectivity index (χ0n) is 13.9. The van der Waals surface area contributed by atoms with Crippen LogP contribution in [0.4, 0.5) is 0 Å². The minimum absolute atomic E-state index is 0.149. The lowest BCUT2D eigenvalue weighted by Gasteiger charge is -2.33. The smallest absolute Gasteiger partial charge is 0.261 e. The summed E-state index contributed by atoms with van der Waals surface area (Å²) in [6.07, 6.45) is 1.78. The number of rotatable bonds is 3. The molecule has 24 heavy (non-hydrogen) atoms. The Hall–Kier alpha value is -2.40. The van der Waals surface area contributed by atoms with Crippen molar-refractivity contribution in [2.45, 2.75) is 25.8 Å². The second kappa shape index (κ2) is 7.01. The molecule has 1 atom stereocenters.